The number of amides is 1. The van der Waals surface area contributed by atoms with E-state index in [1.54, 1.807) is 23.0 Å². The molecule has 0 aliphatic heterocycles. The fourth-order valence-corrected chi connectivity index (χ4v) is 1.94. The van der Waals surface area contributed by atoms with Gasteiger partial charge in [-0.2, -0.15) is 4.99 Å². The molecule has 0 unspecified atom stereocenters. The SMILES string of the molecule is Cn1ccsc1=NC(=O)/C=C/c1cccnc1. The number of thiazole rings is 1. The molecule has 0 N–H and O–H groups in total. The number of aryl methyl sites for hydroxylation is 1. The van der Waals surface area contributed by atoms with Crippen LogP contribution in [0.5, 0.6) is 0 Å². The molecule has 4 nitrogen and oxygen atoms in total. The highest BCUT2D eigenvalue weighted by Crippen LogP contribution is 1.98. The van der Waals surface area contributed by atoms with Crippen LogP contribution in [0.15, 0.2) is 47.2 Å². The summed E-state index contributed by atoms with van der Waals surface area (Å²) in [6, 6.07) is 3.70. The van der Waals surface area contributed by atoms with Crippen molar-refractivity contribution in [1.29, 1.82) is 0 Å². The van der Waals surface area contributed by atoms with E-state index in [0.717, 1.165) is 5.56 Å². The number of hydrogen-bond acceptors (Lipinski definition) is 3. The van der Waals surface area contributed by atoms with Gasteiger partial charge in [-0.1, -0.05) is 6.07 Å². The van der Waals surface area contributed by atoms with E-state index < -0.39 is 0 Å². The molecule has 17 heavy (non-hydrogen) atoms. The molecule has 2 aromatic heterocycles. The first-order valence-electron chi connectivity index (χ1n) is 5.02. The Morgan fingerprint density at radius 2 is 2.47 bits per heavy atom. The zero-order valence-electron chi connectivity index (χ0n) is 9.28. The van der Waals surface area contributed by atoms with E-state index in [2.05, 4.69) is 9.98 Å². The highest BCUT2D eigenvalue weighted by Gasteiger charge is 1.94. The van der Waals surface area contributed by atoms with E-state index in [1.807, 2.05) is 30.8 Å². The average Bonchev–Trinajstić information content (AvgIpc) is 2.74. The molecular formula is C12H11N3OS. The van der Waals surface area contributed by atoms with Crippen LogP contribution in [0.4, 0.5) is 0 Å². The predicted octanol–water partition coefficient (Wildman–Crippen LogP) is 1.62. The van der Waals surface area contributed by atoms with Crippen molar-refractivity contribution in [2.45, 2.75) is 0 Å². The Bertz CT molecular complexity index is 595. The molecular weight excluding hydrogens is 234 g/mol. The van der Waals surface area contributed by atoms with E-state index in [4.69, 9.17) is 0 Å². The van der Waals surface area contributed by atoms with Crippen LogP contribution in [0.2, 0.25) is 0 Å². The summed E-state index contributed by atoms with van der Waals surface area (Å²) in [4.78, 5) is 20.2. The smallest absolute Gasteiger partial charge is 0.272 e. The number of hydrogen-bond donors (Lipinski definition) is 0. The highest BCUT2D eigenvalue weighted by molar-refractivity contribution is 7.07. The minimum atomic E-state index is -0.271. The second kappa shape index (κ2) is 5.36. The first-order chi connectivity index (χ1) is 8.25. The standard InChI is InChI=1S/C12H11N3OS/c1-15-7-8-17-12(15)14-11(16)5-4-10-3-2-6-13-9-10/h2-9H,1H3/b5-4+,14-12?. The van der Waals surface area contributed by atoms with E-state index >= 15 is 0 Å². The Labute approximate surface area is 103 Å². The highest BCUT2D eigenvalue weighted by atomic mass is 32.1. The van der Waals surface area contributed by atoms with Gasteiger partial charge in [-0.25, -0.2) is 0 Å². The number of carbonyl (C=O) groups is 1. The van der Waals surface area contributed by atoms with Gasteiger partial charge in [-0.15, -0.1) is 11.3 Å². The van der Waals surface area contributed by atoms with Gasteiger partial charge in [0.15, 0.2) is 4.80 Å². The molecule has 0 aliphatic carbocycles. The maximum absolute atomic E-state index is 11.6. The van der Waals surface area contributed by atoms with Gasteiger partial charge in [-0.3, -0.25) is 9.78 Å². The monoisotopic (exact) mass is 245 g/mol. The molecule has 0 atom stereocenters. The lowest BCUT2D eigenvalue weighted by Crippen LogP contribution is -2.11. The Morgan fingerprint density at radius 1 is 1.59 bits per heavy atom. The third-order valence-corrected chi connectivity index (χ3v) is 2.92. The van der Waals surface area contributed by atoms with Gasteiger partial charge in [0.2, 0.25) is 0 Å². The molecule has 2 aromatic rings. The van der Waals surface area contributed by atoms with Gasteiger partial charge in [0.1, 0.15) is 0 Å². The van der Waals surface area contributed by atoms with Crippen molar-refractivity contribution in [2.24, 2.45) is 12.0 Å². The van der Waals surface area contributed by atoms with Crippen molar-refractivity contribution in [3.63, 3.8) is 0 Å². The average molecular weight is 245 g/mol. The minimum Gasteiger partial charge on any atom is -0.327 e. The number of aromatic nitrogens is 2. The molecule has 2 rings (SSSR count). The number of nitrogens with zero attached hydrogens (tertiary/aromatic N) is 3. The lowest BCUT2D eigenvalue weighted by atomic mass is 10.2. The predicted molar refractivity (Wildman–Crippen MR) is 67.1 cm³/mol. The molecule has 0 bridgehead atoms. The number of rotatable bonds is 2. The van der Waals surface area contributed by atoms with Crippen LogP contribution in [0.1, 0.15) is 5.56 Å². The molecule has 0 radical (unpaired) electrons. The molecule has 1 amide bonds. The molecule has 0 fully saturated rings. The quantitative estimate of drug-likeness (QED) is 0.755. The van der Waals surface area contributed by atoms with Crippen molar-refractivity contribution in [3.8, 4) is 0 Å². The second-order valence-corrected chi connectivity index (χ2v) is 4.24. The second-order valence-electron chi connectivity index (χ2n) is 3.37. The van der Waals surface area contributed by atoms with Gasteiger partial charge < -0.3 is 4.57 Å². The molecule has 0 spiro atoms. The van der Waals surface area contributed by atoms with Crippen molar-refractivity contribution in [3.05, 3.63) is 52.5 Å². The van der Waals surface area contributed by atoms with Crippen LogP contribution in [0.3, 0.4) is 0 Å². The van der Waals surface area contributed by atoms with Crippen LogP contribution in [-0.4, -0.2) is 15.5 Å². The molecule has 0 aliphatic rings. The molecule has 0 saturated carbocycles. The maximum atomic E-state index is 11.6. The summed E-state index contributed by atoms with van der Waals surface area (Å²) in [6.07, 6.45) is 8.38. The summed E-state index contributed by atoms with van der Waals surface area (Å²) < 4.78 is 1.81. The van der Waals surface area contributed by atoms with Crippen LogP contribution in [-0.2, 0) is 11.8 Å². The largest absolute Gasteiger partial charge is 0.327 e. The number of pyridine rings is 1. The van der Waals surface area contributed by atoms with Crippen LogP contribution in [0, 0.1) is 0 Å². The molecule has 86 valence electrons. The Balaban J connectivity index is 2.14. The van der Waals surface area contributed by atoms with E-state index in [9.17, 15) is 4.79 Å². The van der Waals surface area contributed by atoms with Gasteiger partial charge >= 0.3 is 0 Å². The zero-order valence-corrected chi connectivity index (χ0v) is 10.1. The zero-order chi connectivity index (χ0) is 12.1. The first-order valence-corrected chi connectivity index (χ1v) is 5.90. The first kappa shape index (κ1) is 11.5. The minimum absolute atomic E-state index is 0.271. The van der Waals surface area contributed by atoms with Crippen molar-refractivity contribution in [1.82, 2.24) is 9.55 Å². The van der Waals surface area contributed by atoms with Crippen molar-refractivity contribution in [2.75, 3.05) is 0 Å². The van der Waals surface area contributed by atoms with E-state index in [1.165, 1.54) is 17.4 Å². The maximum Gasteiger partial charge on any atom is 0.272 e. The molecule has 5 heteroatoms. The third-order valence-electron chi connectivity index (χ3n) is 2.07. The van der Waals surface area contributed by atoms with Gasteiger partial charge in [0, 0.05) is 37.1 Å². The van der Waals surface area contributed by atoms with E-state index in [-0.39, 0.29) is 5.91 Å². The van der Waals surface area contributed by atoms with Crippen molar-refractivity contribution < 1.29 is 4.79 Å². The molecule has 0 aromatic carbocycles. The van der Waals surface area contributed by atoms with Gasteiger partial charge in [-0.05, 0) is 17.7 Å². The third kappa shape index (κ3) is 3.22. The lowest BCUT2D eigenvalue weighted by Gasteiger charge is -1.89. The fraction of sp³-hybridized carbons (Fsp3) is 0.0833. The van der Waals surface area contributed by atoms with Crippen LogP contribution in [0.25, 0.3) is 6.08 Å². The number of carbonyl (C=O) groups excluding carboxylic acids is 1. The van der Waals surface area contributed by atoms with Crippen molar-refractivity contribution >= 4 is 23.3 Å². The fourth-order valence-electron chi connectivity index (χ4n) is 1.21. The summed E-state index contributed by atoms with van der Waals surface area (Å²) in [5.74, 6) is -0.271. The Kier molecular flexibility index (Phi) is 3.62. The Morgan fingerprint density at radius 3 is 3.12 bits per heavy atom. The summed E-state index contributed by atoms with van der Waals surface area (Å²) in [7, 11) is 1.85. The molecule has 0 saturated heterocycles. The van der Waals surface area contributed by atoms with Crippen LogP contribution < -0.4 is 4.80 Å². The van der Waals surface area contributed by atoms with Gasteiger partial charge in [0.25, 0.3) is 5.91 Å². The molecule has 2 heterocycles. The van der Waals surface area contributed by atoms with Crippen LogP contribution >= 0.6 is 11.3 Å². The summed E-state index contributed by atoms with van der Waals surface area (Å²) in [5.41, 5.74) is 0.881. The lowest BCUT2D eigenvalue weighted by molar-refractivity contribution is -0.113. The summed E-state index contributed by atoms with van der Waals surface area (Å²) >= 11 is 1.43. The van der Waals surface area contributed by atoms with E-state index in [0.29, 0.717) is 4.80 Å². The van der Waals surface area contributed by atoms with Gasteiger partial charge in [0.05, 0.1) is 0 Å². The normalized spacial score (nSPS) is 12.2. The summed E-state index contributed by atoms with van der Waals surface area (Å²) in [6.45, 7) is 0. The topological polar surface area (TPSA) is 47.2 Å². The Hall–Kier alpha value is -2.01. The summed E-state index contributed by atoms with van der Waals surface area (Å²) in [5, 5.41) is 1.89.